The van der Waals surface area contributed by atoms with Gasteiger partial charge in [-0.05, 0) is 44.6 Å². The molecule has 3 heteroatoms. The average Bonchev–Trinajstić information content (AvgIpc) is 2.80. The molecule has 3 aliphatic rings. The summed E-state index contributed by atoms with van der Waals surface area (Å²) < 4.78 is 0. The minimum absolute atomic E-state index is 0. The number of halogens is 1. The Balaban J connectivity index is 0.000000963. The molecule has 2 aliphatic heterocycles. The van der Waals surface area contributed by atoms with Crippen LogP contribution in [0.25, 0.3) is 0 Å². The van der Waals surface area contributed by atoms with E-state index in [-0.39, 0.29) is 12.4 Å². The van der Waals surface area contributed by atoms with Crippen molar-refractivity contribution in [1.82, 2.24) is 10.2 Å². The molecule has 2 heterocycles. The van der Waals surface area contributed by atoms with Gasteiger partial charge in [0.15, 0.2) is 0 Å². The lowest BCUT2D eigenvalue weighted by atomic mass is 10.0. The molecule has 1 aliphatic carbocycles. The van der Waals surface area contributed by atoms with E-state index in [1.165, 1.54) is 64.6 Å². The standard InChI is InChI=1S/C13H24N2.ClH/c1-2-4-11(3-1)9-15-8-7-12-5-6-13(10-15)14-12;/h11-14H,1-10H2;1H. The van der Waals surface area contributed by atoms with Gasteiger partial charge in [-0.15, -0.1) is 12.4 Å². The fourth-order valence-electron chi connectivity index (χ4n) is 3.74. The van der Waals surface area contributed by atoms with Crippen LogP contribution >= 0.6 is 12.4 Å². The summed E-state index contributed by atoms with van der Waals surface area (Å²) in [6.07, 6.45) is 10.2. The second-order valence-corrected chi connectivity index (χ2v) is 5.84. The first-order valence-electron chi connectivity index (χ1n) is 6.88. The molecule has 2 saturated heterocycles. The molecule has 3 rings (SSSR count). The van der Waals surface area contributed by atoms with Crippen molar-refractivity contribution < 1.29 is 0 Å². The summed E-state index contributed by atoms with van der Waals surface area (Å²) in [4.78, 5) is 2.74. The van der Waals surface area contributed by atoms with Gasteiger partial charge in [-0.25, -0.2) is 0 Å². The van der Waals surface area contributed by atoms with Gasteiger partial charge in [0.25, 0.3) is 0 Å². The van der Waals surface area contributed by atoms with E-state index in [4.69, 9.17) is 0 Å². The van der Waals surface area contributed by atoms with E-state index in [0.717, 1.165) is 18.0 Å². The molecule has 2 bridgehead atoms. The molecule has 0 amide bonds. The Kier molecular flexibility index (Phi) is 4.51. The second kappa shape index (κ2) is 5.70. The van der Waals surface area contributed by atoms with Gasteiger partial charge < -0.3 is 10.2 Å². The highest BCUT2D eigenvalue weighted by Gasteiger charge is 2.30. The summed E-state index contributed by atoms with van der Waals surface area (Å²) in [5.74, 6) is 1.03. The number of hydrogen-bond acceptors (Lipinski definition) is 2. The van der Waals surface area contributed by atoms with Crippen LogP contribution in [0.15, 0.2) is 0 Å². The summed E-state index contributed by atoms with van der Waals surface area (Å²) in [6.45, 7) is 4.07. The van der Waals surface area contributed by atoms with Crippen LogP contribution in [-0.2, 0) is 0 Å². The first-order valence-corrected chi connectivity index (χ1v) is 6.88. The summed E-state index contributed by atoms with van der Waals surface area (Å²) in [5.41, 5.74) is 0. The first-order chi connectivity index (χ1) is 7.40. The average molecular weight is 245 g/mol. The van der Waals surface area contributed by atoms with E-state index in [0.29, 0.717) is 0 Å². The highest BCUT2D eigenvalue weighted by molar-refractivity contribution is 5.85. The normalized spacial score (nSPS) is 36.0. The third kappa shape index (κ3) is 2.91. The summed E-state index contributed by atoms with van der Waals surface area (Å²) >= 11 is 0. The van der Waals surface area contributed by atoms with Gasteiger partial charge in [-0.3, -0.25) is 0 Å². The lowest BCUT2D eigenvalue weighted by molar-refractivity contribution is 0.221. The maximum atomic E-state index is 3.77. The van der Waals surface area contributed by atoms with Crippen LogP contribution in [0.1, 0.15) is 44.9 Å². The Morgan fingerprint density at radius 3 is 2.50 bits per heavy atom. The largest absolute Gasteiger partial charge is 0.310 e. The Labute approximate surface area is 106 Å². The van der Waals surface area contributed by atoms with Gasteiger partial charge in [0.05, 0.1) is 0 Å². The Morgan fingerprint density at radius 1 is 0.938 bits per heavy atom. The third-order valence-corrected chi connectivity index (χ3v) is 4.60. The van der Waals surface area contributed by atoms with Crippen molar-refractivity contribution in [3.05, 3.63) is 0 Å². The number of nitrogens with zero attached hydrogens (tertiary/aromatic N) is 1. The fourth-order valence-corrected chi connectivity index (χ4v) is 3.74. The number of fused-ring (bicyclic) bond motifs is 2. The number of hydrogen-bond donors (Lipinski definition) is 1. The highest BCUT2D eigenvalue weighted by Crippen LogP contribution is 2.27. The summed E-state index contributed by atoms with van der Waals surface area (Å²) in [6, 6.07) is 1.67. The number of likely N-dealkylation sites (tertiary alicyclic amines) is 1. The monoisotopic (exact) mass is 244 g/mol. The topological polar surface area (TPSA) is 15.3 Å². The van der Waals surface area contributed by atoms with Crippen LogP contribution in [0.3, 0.4) is 0 Å². The third-order valence-electron chi connectivity index (χ3n) is 4.60. The maximum Gasteiger partial charge on any atom is 0.0198 e. The molecule has 1 saturated carbocycles. The van der Waals surface area contributed by atoms with Crippen molar-refractivity contribution >= 4 is 12.4 Å². The molecule has 3 fully saturated rings. The van der Waals surface area contributed by atoms with E-state index < -0.39 is 0 Å². The molecule has 0 aromatic rings. The number of rotatable bonds is 2. The molecule has 0 aromatic carbocycles. The van der Waals surface area contributed by atoms with Gasteiger partial charge in [-0.1, -0.05) is 12.8 Å². The van der Waals surface area contributed by atoms with Gasteiger partial charge >= 0.3 is 0 Å². The second-order valence-electron chi connectivity index (χ2n) is 5.84. The zero-order chi connectivity index (χ0) is 10.1. The SMILES string of the molecule is C1CCC(CN2CCC3CCC(C2)N3)C1.Cl. The zero-order valence-corrected chi connectivity index (χ0v) is 11.0. The quantitative estimate of drug-likeness (QED) is 0.803. The van der Waals surface area contributed by atoms with Crippen molar-refractivity contribution in [2.75, 3.05) is 19.6 Å². The Morgan fingerprint density at radius 2 is 1.69 bits per heavy atom. The van der Waals surface area contributed by atoms with Gasteiger partial charge in [0.2, 0.25) is 0 Å². The zero-order valence-electron chi connectivity index (χ0n) is 10.2. The van der Waals surface area contributed by atoms with E-state index in [1.807, 2.05) is 0 Å². The van der Waals surface area contributed by atoms with Crippen molar-refractivity contribution in [1.29, 1.82) is 0 Å². The van der Waals surface area contributed by atoms with E-state index in [1.54, 1.807) is 0 Å². The lowest BCUT2D eigenvalue weighted by Gasteiger charge is -2.26. The molecule has 0 aromatic heterocycles. The van der Waals surface area contributed by atoms with Crippen LogP contribution < -0.4 is 5.32 Å². The molecule has 2 nitrogen and oxygen atoms in total. The summed E-state index contributed by atoms with van der Waals surface area (Å²) in [5, 5.41) is 3.77. The van der Waals surface area contributed by atoms with E-state index in [2.05, 4.69) is 10.2 Å². The predicted molar refractivity (Wildman–Crippen MR) is 70.2 cm³/mol. The Bertz CT molecular complexity index is 216. The van der Waals surface area contributed by atoms with Crippen LogP contribution in [0.4, 0.5) is 0 Å². The minimum Gasteiger partial charge on any atom is -0.310 e. The molecule has 94 valence electrons. The van der Waals surface area contributed by atoms with Crippen molar-refractivity contribution in [3.8, 4) is 0 Å². The van der Waals surface area contributed by atoms with Crippen molar-refractivity contribution in [3.63, 3.8) is 0 Å². The van der Waals surface area contributed by atoms with Crippen LogP contribution in [-0.4, -0.2) is 36.6 Å². The van der Waals surface area contributed by atoms with Crippen LogP contribution in [0, 0.1) is 5.92 Å². The number of nitrogens with one attached hydrogen (secondary N) is 1. The van der Waals surface area contributed by atoms with Crippen molar-refractivity contribution in [2.45, 2.75) is 57.0 Å². The molecule has 16 heavy (non-hydrogen) atoms. The Hall–Kier alpha value is 0.210. The van der Waals surface area contributed by atoms with Crippen LogP contribution in [0.2, 0.25) is 0 Å². The first kappa shape index (κ1) is 12.7. The fraction of sp³-hybridized carbons (Fsp3) is 1.00. The van der Waals surface area contributed by atoms with E-state index >= 15 is 0 Å². The maximum absolute atomic E-state index is 3.77. The van der Waals surface area contributed by atoms with Gasteiger partial charge in [0.1, 0.15) is 0 Å². The van der Waals surface area contributed by atoms with Crippen LogP contribution in [0.5, 0.6) is 0 Å². The molecule has 2 unspecified atom stereocenters. The molecular weight excluding hydrogens is 220 g/mol. The molecule has 2 atom stereocenters. The molecule has 1 N–H and O–H groups in total. The molecule has 0 radical (unpaired) electrons. The lowest BCUT2D eigenvalue weighted by Crippen LogP contribution is -2.37. The highest BCUT2D eigenvalue weighted by atomic mass is 35.5. The minimum atomic E-state index is 0. The smallest absolute Gasteiger partial charge is 0.0198 e. The summed E-state index contributed by atoms with van der Waals surface area (Å²) in [7, 11) is 0. The molecule has 0 spiro atoms. The van der Waals surface area contributed by atoms with Crippen molar-refractivity contribution in [2.24, 2.45) is 5.92 Å². The molecular formula is C13H25ClN2. The van der Waals surface area contributed by atoms with Gasteiger partial charge in [0, 0.05) is 25.2 Å². The predicted octanol–water partition coefficient (Wildman–Crippen LogP) is 2.42. The van der Waals surface area contributed by atoms with Gasteiger partial charge in [-0.2, -0.15) is 0 Å². The van der Waals surface area contributed by atoms with E-state index in [9.17, 15) is 0 Å².